The van der Waals surface area contributed by atoms with Crippen molar-refractivity contribution in [3.05, 3.63) is 17.5 Å². The topological polar surface area (TPSA) is 62.3 Å². The predicted molar refractivity (Wildman–Crippen MR) is 66.7 cm³/mol. The van der Waals surface area contributed by atoms with Gasteiger partial charge in [-0.1, -0.05) is 0 Å². The van der Waals surface area contributed by atoms with Gasteiger partial charge in [-0.15, -0.1) is 0 Å². The van der Waals surface area contributed by atoms with Crippen LogP contribution in [0.1, 0.15) is 25.2 Å². The van der Waals surface area contributed by atoms with Crippen LogP contribution in [0, 0.1) is 6.92 Å². The van der Waals surface area contributed by atoms with Crippen LogP contribution in [0.3, 0.4) is 0 Å². The zero-order valence-corrected chi connectivity index (χ0v) is 11.1. The number of aromatic nitrogens is 2. The van der Waals surface area contributed by atoms with Gasteiger partial charge >= 0.3 is 0 Å². The fourth-order valence-electron chi connectivity index (χ4n) is 1.82. The van der Waals surface area contributed by atoms with Crippen molar-refractivity contribution in [1.29, 1.82) is 0 Å². The molecule has 1 unspecified atom stereocenters. The van der Waals surface area contributed by atoms with E-state index >= 15 is 0 Å². The van der Waals surface area contributed by atoms with E-state index in [-0.39, 0.29) is 12.3 Å². The average molecular weight is 241 g/mol. The highest BCUT2D eigenvalue weighted by molar-refractivity contribution is 5.10. The molecule has 0 aliphatic heterocycles. The van der Waals surface area contributed by atoms with E-state index in [1.54, 1.807) is 0 Å². The fraction of sp³-hybridized carbons (Fsp3) is 0.750. The maximum absolute atomic E-state index is 6.11. The second-order valence-electron chi connectivity index (χ2n) is 4.05. The molecular formula is C12H23N3O2. The normalized spacial score (nSPS) is 13.3. The molecule has 0 amide bonds. The number of ether oxygens (including phenoxy) is 2. The van der Waals surface area contributed by atoms with E-state index in [4.69, 9.17) is 15.2 Å². The van der Waals surface area contributed by atoms with Gasteiger partial charge in [0.1, 0.15) is 0 Å². The number of nitrogens with two attached hydrogens (primary N) is 1. The highest BCUT2D eigenvalue weighted by Crippen LogP contribution is 2.09. The molecule has 1 heterocycles. The van der Waals surface area contributed by atoms with E-state index in [0.717, 1.165) is 11.4 Å². The molecule has 0 saturated heterocycles. The van der Waals surface area contributed by atoms with E-state index in [0.29, 0.717) is 19.6 Å². The quantitative estimate of drug-likeness (QED) is 0.723. The van der Waals surface area contributed by atoms with Crippen LogP contribution in [-0.2, 0) is 22.9 Å². The van der Waals surface area contributed by atoms with Crippen LogP contribution < -0.4 is 5.73 Å². The highest BCUT2D eigenvalue weighted by atomic mass is 16.7. The first kappa shape index (κ1) is 14.2. The first-order chi connectivity index (χ1) is 8.08. The van der Waals surface area contributed by atoms with Crippen LogP contribution in [0.4, 0.5) is 0 Å². The molecule has 0 aliphatic rings. The molecule has 2 N–H and O–H groups in total. The molecule has 0 fully saturated rings. The van der Waals surface area contributed by atoms with Gasteiger partial charge < -0.3 is 15.2 Å². The molecule has 1 aromatic rings. The summed E-state index contributed by atoms with van der Waals surface area (Å²) in [5.41, 5.74) is 8.20. The van der Waals surface area contributed by atoms with Gasteiger partial charge in [0, 0.05) is 32.4 Å². The minimum Gasteiger partial charge on any atom is -0.351 e. The highest BCUT2D eigenvalue weighted by Gasteiger charge is 2.20. The molecule has 0 radical (unpaired) electrons. The number of aryl methyl sites for hydroxylation is 2. The van der Waals surface area contributed by atoms with Gasteiger partial charge in [0.25, 0.3) is 0 Å². The summed E-state index contributed by atoms with van der Waals surface area (Å²) in [5, 5.41) is 4.29. The zero-order chi connectivity index (χ0) is 12.8. The van der Waals surface area contributed by atoms with Crippen molar-refractivity contribution < 1.29 is 9.47 Å². The SMILES string of the molecule is CCOC(OCC)C(N)Cc1cc(C)nn1C. The van der Waals surface area contributed by atoms with Crippen molar-refractivity contribution in [2.75, 3.05) is 13.2 Å². The minimum absolute atomic E-state index is 0.176. The van der Waals surface area contributed by atoms with Crippen molar-refractivity contribution in [3.8, 4) is 0 Å². The molecule has 1 atom stereocenters. The standard InChI is InChI=1S/C12H23N3O2/c1-5-16-12(17-6-2)11(13)8-10-7-9(3)14-15(10)4/h7,11-12H,5-6,8,13H2,1-4H3. The Morgan fingerprint density at radius 3 is 2.35 bits per heavy atom. The van der Waals surface area contributed by atoms with Crippen LogP contribution in [0.15, 0.2) is 6.07 Å². The Balaban J connectivity index is 2.62. The second kappa shape index (κ2) is 6.74. The minimum atomic E-state index is -0.347. The first-order valence-corrected chi connectivity index (χ1v) is 6.06. The van der Waals surface area contributed by atoms with Crippen molar-refractivity contribution in [2.24, 2.45) is 12.8 Å². The Labute approximate surface area is 103 Å². The van der Waals surface area contributed by atoms with Gasteiger partial charge in [-0.05, 0) is 26.8 Å². The lowest BCUT2D eigenvalue weighted by molar-refractivity contribution is -0.148. The second-order valence-corrected chi connectivity index (χ2v) is 4.05. The molecule has 0 spiro atoms. The molecule has 0 bridgehead atoms. The lowest BCUT2D eigenvalue weighted by Gasteiger charge is -2.23. The van der Waals surface area contributed by atoms with Crippen LogP contribution >= 0.6 is 0 Å². The Morgan fingerprint density at radius 1 is 1.35 bits per heavy atom. The molecule has 5 heteroatoms. The summed E-state index contributed by atoms with van der Waals surface area (Å²) in [7, 11) is 1.92. The molecule has 0 aliphatic carbocycles. The molecule has 0 aromatic carbocycles. The van der Waals surface area contributed by atoms with E-state index in [1.807, 2.05) is 38.6 Å². The summed E-state index contributed by atoms with van der Waals surface area (Å²) in [6.45, 7) is 7.04. The van der Waals surface area contributed by atoms with Gasteiger partial charge in [-0.3, -0.25) is 4.68 Å². The van der Waals surface area contributed by atoms with Crippen molar-refractivity contribution in [2.45, 2.75) is 39.5 Å². The predicted octanol–water partition coefficient (Wildman–Crippen LogP) is 0.997. The van der Waals surface area contributed by atoms with Gasteiger partial charge in [0.15, 0.2) is 6.29 Å². The van der Waals surface area contributed by atoms with E-state index < -0.39 is 0 Å². The van der Waals surface area contributed by atoms with E-state index in [9.17, 15) is 0 Å². The first-order valence-electron chi connectivity index (χ1n) is 6.06. The molecule has 1 rings (SSSR count). The number of hydrogen-bond acceptors (Lipinski definition) is 4. The van der Waals surface area contributed by atoms with Crippen molar-refractivity contribution >= 4 is 0 Å². The van der Waals surface area contributed by atoms with E-state index in [2.05, 4.69) is 5.10 Å². The Bertz CT molecular complexity index is 332. The summed E-state index contributed by atoms with van der Waals surface area (Å²) >= 11 is 0. The number of rotatable bonds is 7. The molecule has 0 saturated carbocycles. The summed E-state index contributed by atoms with van der Waals surface area (Å²) in [6, 6.07) is 1.86. The van der Waals surface area contributed by atoms with Gasteiger partial charge in [-0.25, -0.2) is 0 Å². The molecule has 1 aromatic heterocycles. The van der Waals surface area contributed by atoms with Crippen LogP contribution in [0.5, 0.6) is 0 Å². The summed E-state index contributed by atoms with van der Waals surface area (Å²) in [4.78, 5) is 0. The number of hydrogen-bond donors (Lipinski definition) is 1. The monoisotopic (exact) mass is 241 g/mol. The lowest BCUT2D eigenvalue weighted by atomic mass is 10.1. The average Bonchev–Trinajstić information content (AvgIpc) is 2.57. The summed E-state index contributed by atoms with van der Waals surface area (Å²) < 4.78 is 12.8. The molecular weight excluding hydrogens is 218 g/mol. The van der Waals surface area contributed by atoms with Crippen molar-refractivity contribution in [3.63, 3.8) is 0 Å². The third-order valence-electron chi connectivity index (χ3n) is 2.56. The lowest BCUT2D eigenvalue weighted by Crippen LogP contribution is -2.41. The Morgan fingerprint density at radius 2 is 1.94 bits per heavy atom. The molecule has 5 nitrogen and oxygen atoms in total. The third-order valence-corrected chi connectivity index (χ3v) is 2.56. The Hall–Kier alpha value is -0.910. The van der Waals surface area contributed by atoms with Gasteiger partial charge in [-0.2, -0.15) is 5.10 Å². The maximum Gasteiger partial charge on any atom is 0.172 e. The maximum atomic E-state index is 6.11. The van der Waals surface area contributed by atoms with Gasteiger partial charge in [0.2, 0.25) is 0 Å². The smallest absolute Gasteiger partial charge is 0.172 e. The Kier molecular flexibility index (Phi) is 5.61. The third kappa shape index (κ3) is 4.11. The number of nitrogens with zero attached hydrogens (tertiary/aromatic N) is 2. The fourth-order valence-corrected chi connectivity index (χ4v) is 1.82. The largest absolute Gasteiger partial charge is 0.351 e. The summed E-state index contributed by atoms with van der Waals surface area (Å²) in [6.07, 6.45) is 0.349. The van der Waals surface area contributed by atoms with E-state index in [1.165, 1.54) is 0 Å². The van der Waals surface area contributed by atoms with Crippen molar-refractivity contribution in [1.82, 2.24) is 9.78 Å². The zero-order valence-electron chi connectivity index (χ0n) is 11.1. The molecule has 17 heavy (non-hydrogen) atoms. The molecule has 98 valence electrons. The van der Waals surface area contributed by atoms with Crippen LogP contribution in [0.25, 0.3) is 0 Å². The summed E-state index contributed by atoms with van der Waals surface area (Å²) in [5.74, 6) is 0. The van der Waals surface area contributed by atoms with Crippen LogP contribution in [-0.4, -0.2) is 35.3 Å². The van der Waals surface area contributed by atoms with Crippen LogP contribution in [0.2, 0.25) is 0 Å². The van der Waals surface area contributed by atoms with Gasteiger partial charge in [0.05, 0.1) is 11.7 Å².